The molecule has 10 atom stereocenters. The Balaban J connectivity index is 0.000000188. The third-order valence-electron chi connectivity index (χ3n) is 8.21. The van der Waals surface area contributed by atoms with Crippen molar-refractivity contribution in [3.05, 3.63) is 36.7 Å². The number of fused-ring (bicyclic) bond motifs is 2. The van der Waals surface area contributed by atoms with Crippen LogP contribution in [0.15, 0.2) is 36.7 Å². The van der Waals surface area contributed by atoms with E-state index in [0.717, 1.165) is 5.57 Å². The smallest absolute Gasteiger partial charge is 0.347 e. The first-order valence-electron chi connectivity index (χ1n) is 15.6. The average Bonchev–Trinajstić information content (AvgIpc) is 3.36. The zero-order valence-electron chi connectivity index (χ0n) is 27.7. The van der Waals surface area contributed by atoms with Gasteiger partial charge in [0.05, 0.1) is 49.3 Å². The van der Waals surface area contributed by atoms with E-state index in [1.807, 2.05) is 0 Å². The number of nitrogens with two attached hydrogens (primary N) is 2. The van der Waals surface area contributed by atoms with Crippen LogP contribution in [0.5, 0.6) is 0 Å². The predicted octanol–water partition coefficient (Wildman–Crippen LogP) is 2.37. The van der Waals surface area contributed by atoms with Crippen LogP contribution in [-0.4, -0.2) is 101 Å². The Labute approximate surface area is 279 Å². The molecule has 0 radical (unpaired) electrons. The molecule has 19 heteroatoms. The molecule has 0 aromatic rings. The molecule has 0 unspecified atom stereocenters. The predicted molar refractivity (Wildman–Crippen MR) is 167 cm³/mol. The number of phosphoric ester groups is 2. The molecule has 6 rings (SSSR count). The molecule has 0 spiro atoms. The number of amides is 2. The largest absolute Gasteiger partial charge is 0.475 e. The zero-order valence-corrected chi connectivity index (χ0v) is 29.5. The van der Waals surface area contributed by atoms with E-state index in [4.69, 9.17) is 48.1 Å². The lowest BCUT2D eigenvalue weighted by Gasteiger charge is -2.38. The van der Waals surface area contributed by atoms with Crippen LogP contribution in [0, 0.1) is 0 Å². The molecule has 4 N–H and O–H groups in total. The number of ketones is 1. The van der Waals surface area contributed by atoms with Gasteiger partial charge in [-0.1, -0.05) is 6.58 Å². The summed E-state index contributed by atoms with van der Waals surface area (Å²) in [5.74, 6) is -0.851. The van der Waals surface area contributed by atoms with E-state index in [2.05, 4.69) is 6.58 Å². The molecule has 6 heterocycles. The van der Waals surface area contributed by atoms with Crippen LogP contribution in [0.1, 0.15) is 54.4 Å². The van der Waals surface area contributed by atoms with E-state index in [9.17, 15) is 23.5 Å². The van der Waals surface area contributed by atoms with Gasteiger partial charge >= 0.3 is 15.6 Å². The van der Waals surface area contributed by atoms with Gasteiger partial charge in [0, 0.05) is 12.4 Å². The minimum absolute atomic E-state index is 0.0242. The van der Waals surface area contributed by atoms with Gasteiger partial charge in [0.2, 0.25) is 11.8 Å². The zero-order chi connectivity index (χ0) is 35.4. The highest BCUT2D eigenvalue weighted by Gasteiger charge is 2.61. The third-order valence-corrected chi connectivity index (χ3v) is 11.5. The number of carbonyl (C=O) groups is 3. The number of allylic oxidation sites excluding steroid dienone is 2. The average molecular weight is 719 g/mol. The molecule has 0 aromatic carbocycles. The molecular weight excluding hydrogens is 674 g/mol. The normalized spacial score (nSPS) is 42.7. The SMILES string of the molecule is C=C1C=CN([C@@H]2O[C@@H]3CO[P@](=O)(OC(C)C)O[C@H]3[C@@]2(C)N)C(=O)C1.CC(C)O[P@]1(=O)OC[C@H]2O[C@@H](N3C=CC(=O)CC3=O)[C@](C)(N)[C@@H]2O1. The van der Waals surface area contributed by atoms with Gasteiger partial charge in [-0.2, -0.15) is 0 Å². The molecule has 6 aliphatic heterocycles. The highest BCUT2D eigenvalue weighted by molar-refractivity contribution is 7.48. The molecule has 2 amide bonds. The Morgan fingerprint density at radius 2 is 1.21 bits per heavy atom. The fourth-order valence-electron chi connectivity index (χ4n) is 6.07. The molecule has 4 fully saturated rings. The number of hydrogen-bond acceptors (Lipinski definition) is 15. The van der Waals surface area contributed by atoms with E-state index >= 15 is 0 Å². The number of carbonyl (C=O) groups excluding carboxylic acids is 3. The van der Waals surface area contributed by atoms with Crippen LogP contribution in [0.3, 0.4) is 0 Å². The van der Waals surface area contributed by atoms with Crippen molar-refractivity contribution < 1.29 is 60.1 Å². The summed E-state index contributed by atoms with van der Waals surface area (Å²) < 4.78 is 69.0. The lowest BCUT2D eigenvalue weighted by atomic mass is 9.92. The summed E-state index contributed by atoms with van der Waals surface area (Å²) in [4.78, 5) is 38.4. The van der Waals surface area contributed by atoms with Gasteiger partial charge in [0.25, 0.3) is 0 Å². The molecule has 6 aliphatic rings. The number of ether oxygens (including phenoxy) is 2. The van der Waals surface area contributed by atoms with Crippen molar-refractivity contribution >= 4 is 33.2 Å². The maximum absolute atomic E-state index is 12.6. The molecular formula is C29H44N4O13P2. The summed E-state index contributed by atoms with van der Waals surface area (Å²) in [6.45, 7) is 14.0. The second-order valence-corrected chi connectivity index (χ2v) is 16.5. The molecule has 0 aromatic heterocycles. The first kappa shape index (κ1) is 37.2. The van der Waals surface area contributed by atoms with Crippen LogP contribution in [0.2, 0.25) is 0 Å². The highest BCUT2D eigenvalue weighted by atomic mass is 31.2. The van der Waals surface area contributed by atoms with E-state index in [0.29, 0.717) is 0 Å². The van der Waals surface area contributed by atoms with Crippen molar-refractivity contribution in [2.45, 2.75) is 115 Å². The number of nitrogens with zero attached hydrogens (tertiary/aromatic N) is 2. The van der Waals surface area contributed by atoms with Gasteiger partial charge in [-0.25, -0.2) is 9.13 Å². The Kier molecular flexibility index (Phi) is 10.5. The maximum atomic E-state index is 12.6. The lowest BCUT2D eigenvalue weighted by molar-refractivity contribution is -0.147. The van der Waals surface area contributed by atoms with Crippen LogP contribution >= 0.6 is 15.6 Å². The van der Waals surface area contributed by atoms with Crippen LogP contribution in [0.4, 0.5) is 0 Å². The molecule has 0 saturated carbocycles. The summed E-state index contributed by atoms with van der Waals surface area (Å²) in [6.07, 6.45) is 1.04. The Hall–Kier alpha value is -2.11. The summed E-state index contributed by atoms with van der Waals surface area (Å²) in [7, 11) is -7.45. The van der Waals surface area contributed by atoms with Crippen LogP contribution < -0.4 is 11.5 Å². The van der Waals surface area contributed by atoms with Gasteiger partial charge in [0.15, 0.2) is 18.2 Å². The van der Waals surface area contributed by atoms with Gasteiger partial charge < -0.3 is 20.9 Å². The molecule has 48 heavy (non-hydrogen) atoms. The summed E-state index contributed by atoms with van der Waals surface area (Å²) in [6, 6.07) is 0. The Morgan fingerprint density at radius 3 is 1.60 bits per heavy atom. The number of phosphoric acid groups is 2. The first-order valence-corrected chi connectivity index (χ1v) is 18.5. The van der Waals surface area contributed by atoms with E-state index in [1.54, 1.807) is 53.8 Å². The Morgan fingerprint density at radius 1 is 0.792 bits per heavy atom. The maximum Gasteiger partial charge on any atom is 0.475 e. The van der Waals surface area contributed by atoms with Crippen LogP contribution in [-0.2, 0) is 60.1 Å². The van der Waals surface area contributed by atoms with Crippen molar-refractivity contribution in [2.75, 3.05) is 13.2 Å². The van der Waals surface area contributed by atoms with Gasteiger partial charge in [-0.3, -0.25) is 51.3 Å². The standard InChI is InChI=1S/C15H23N2O6P.C14H21N2O7P/c1-9(2)22-24(19)20-8-11-13(23-24)15(4,16)14(21-11)17-6-5-10(3)7-12(17)18;1-8(2)22-24(19)20-7-10-12(23-24)14(3,15)13(21-10)16-5-4-9(17)6-11(16)18/h5-6,9,11,13-14H,3,7-8,16H2,1-2,4H3;4-5,8,10,12-13H,6-7,15H2,1-3H3/t11-,13-,14-,15-,24-;10-,12-,13-,14-,24+/m11/s1. The fourth-order valence-corrected chi connectivity index (χ4v) is 9.39. The fraction of sp³-hybridized carbons (Fsp3) is 0.690. The van der Waals surface area contributed by atoms with Crippen molar-refractivity contribution in [3.8, 4) is 0 Å². The van der Waals surface area contributed by atoms with Gasteiger partial charge in [0.1, 0.15) is 24.4 Å². The first-order chi connectivity index (χ1) is 22.2. The van der Waals surface area contributed by atoms with E-state index < -0.39 is 69.5 Å². The minimum atomic E-state index is -3.75. The molecule has 17 nitrogen and oxygen atoms in total. The van der Waals surface area contributed by atoms with Crippen molar-refractivity contribution in [1.82, 2.24) is 9.80 Å². The summed E-state index contributed by atoms with van der Waals surface area (Å²) in [5.41, 5.74) is 11.3. The van der Waals surface area contributed by atoms with E-state index in [1.165, 1.54) is 22.1 Å². The Bertz CT molecular complexity index is 1370. The molecule has 0 aliphatic carbocycles. The van der Waals surface area contributed by atoms with Crippen molar-refractivity contribution in [3.63, 3.8) is 0 Å². The molecule has 268 valence electrons. The lowest BCUT2D eigenvalue weighted by Crippen LogP contribution is -2.60. The van der Waals surface area contributed by atoms with Crippen molar-refractivity contribution in [1.29, 1.82) is 0 Å². The molecule has 0 bridgehead atoms. The number of rotatable bonds is 6. The third kappa shape index (κ3) is 7.48. The minimum Gasteiger partial charge on any atom is -0.347 e. The van der Waals surface area contributed by atoms with Gasteiger partial charge in [-0.15, -0.1) is 0 Å². The summed E-state index contributed by atoms with van der Waals surface area (Å²) in [5, 5.41) is 0. The van der Waals surface area contributed by atoms with Crippen LogP contribution in [0.25, 0.3) is 0 Å². The highest BCUT2D eigenvalue weighted by Crippen LogP contribution is 2.59. The van der Waals surface area contributed by atoms with E-state index in [-0.39, 0.29) is 50.0 Å². The second kappa shape index (κ2) is 13.5. The topological polar surface area (TPSA) is 218 Å². The molecule has 4 saturated heterocycles. The summed E-state index contributed by atoms with van der Waals surface area (Å²) >= 11 is 0. The monoisotopic (exact) mass is 718 g/mol. The van der Waals surface area contributed by atoms with Gasteiger partial charge in [-0.05, 0) is 59.3 Å². The quantitative estimate of drug-likeness (QED) is 0.298. The number of hydrogen-bond donors (Lipinski definition) is 2. The second-order valence-electron chi connectivity index (χ2n) is 13.3. The van der Waals surface area contributed by atoms with Crippen molar-refractivity contribution in [2.24, 2.45) is 11.5 Å².